The van der Waals surface area contributed by atoms with Gasteiger partial charge in [-0.3, -0.25) is 0 Å². The van der Waals surface area contributed by atoms with Gasteiger partial charge in [-0.05, 0) is 44.5 Å². The second-order valence-electron chi connectivity index (χ2n) is 5.74. The second kappa shape index (κ2) is 6.27. The lowest BCUT2D eigenvalue weighted by Crippen LogP contribution is -2.26. The molecular weight excluding hydrogens is 267 g/mol. The third kappa shape index (κ3) is 4.05. The Hall–Kier alpha value is -1.87. The number of hydrogen-bond acceptors (Lipinski definition) is 2. The predicted molar refractivity (Wildman–Crippen MR) is 81.9 cm³/mol. The normalized spacial score (nSPS) is 14.0. The molecule has 0 aliphatic rings. The highest BCUT2D eigenvalue weighted by atomic mass is 19.1. The number of rotatable bonds is 5. The van der Waals surface area contributed by atoms with Crippen LogP contribution in [-0.2, 0) is 12.0 Å². The maximum Gasteiger partial charge on any atom is 0.125 e. The minimum Gasteiger partial charge on any atom is -0.491 e. The van der Waals surface area contributed by atoms with E-state index in [2.05, 4.69) is 0 Å². The van der Waals surface area contributed by atoms with E-state index in [9.17, 15) is 9.50 Å². The zero-order chi connectivity index (χ0) is 15.5. The molecule has 0 aliphatic carbocycles. The van der Waals surface area contributed by atoms with E-state index in [1.54, 1.807) is 13.0 Å². The number of hydrogen-bond donors (Lipinski definition) is 1. The van der Waals surface area contributed by atoms with Crippen molar-refractivity contribution in [1.82, 2.24) is 0 Å². The Labute approximate surface area is 125 Å². The molecule has 2 aromatic carbocycles. The van der Waals surface area contributed by atoms with Crippen LogP contribution >= 0.6 is 0 Å². The van der Waals surface area contributed by atoms with Crippen molar-refractivity contribution in [1.29, 1.82) is 0 Å². The van der Waals surface area contributed by atoms with Gasteiger partial charge in [0.2, 0.25) is 0 Å². The lowest BCUT2D eigenvalue weighted by Gasteiger charge is -2.27. The maximum atomic E-state index is 13.3. The molecule has 0 spiro atoms. The molecule has 2 nitrogen and oxygen atoms in total. The summed E-state index contributed by atoms with van der Waals surface area (Å²) >= 11 is 0. The molecule has 1 N–H and O–H groups in total. The average Bonchev–Trinajstić information content (AvgIpc) is 2.37. The highest BCUT2D eigenvalue weighted by Crippen LogP contribution is 2.33. The molecule has 112 valence electrons. The monoisotopic (exact) mass is 288 g/mol. The predicted octanol–water partition coefficient (Wildman–Crippen LogP) is 4.06. The first-order valence-electron chi connectivity index (χ1n) is 7.11. The first-order valence-corrected chi connectivity index (χ1v) is 7.11. The standard InChI is InChI=1S/C18H21FO2/c1-13(2)21-17-10-5-4-9-16(17)18(3,20)12-14-7-6-8-15(19)11-14/h4-11,13,20H,12H2,1-3H3. The Morgan fingerprint density at radius 3 is 2.52 bits per heavy atom. The molecule has 3 heteroatoms. The van der Waals surface area contributed by atoms with Crippen LogP contribution in [0.5, 0.6) is 5.75 Å². The van der Waals surface area contributed by atoms with Crippen LogP contribution in [0.1, 0.15) is 31.9 Å². The van der Waals surface area contributed by atoms with Crippen LogP contribution in [-0.4, -0.2) is 11.2 Å². The largest absolute Gasteiger partial charge is 0.491 e. The van der Waals surface area contributed by atoms with E-state index >= 15 is 0 Å². The Morgan fingerprint density at radius 1 is 1.14 bits per heavy atom. The summed E-state index contributed by atoms with van der Waals surface area (Å²) in [6.45, 7) is 5.61. The molecule has 0 saturated carbocycles. The van der Waals surface area contributed by atoms with E-state index in [1.165, 1.54) is 12.1 Å². The van der Waals surface area contributed by atoms with E-state index in [4.69, 9.17) is 4.74 Å². The van der Waals surface area contributed by atoms with Crippen molar-refractivity contribution in [2.24, 2.45) is 0 Å². The second-order valence-corrected chi connectivity index (χ2v) is 5.74. The molecule has 2 aromatic rings. The summed E-state index contributed by atoms with van der Waals surface area (Å²) in [5.74, 6) is 0.365. The first kappa shape index (κ1) is 15.5. The molecule has 0 bridgehead atoms. The summed E-state index contributed by atoms with van der Waals surface area (Å²) in [7, 11) is 0. The molecule has 1 atom stereocenters. The van der Waals surface area contributed by atoms with Crippen molar-refractivity contribution < 1.29 is 14.2 Å². The van der Waals surface area contributed by atoms with Crippen molar-refractivity contribution in [3.8, 4) is 5.75 Å². The van der Waals surface area contributed by atoms with Crippen molar-refractivity contribution in [3.63, 3.8) is 0 Å². The number of aliphatic hydroxyl groups is 1. The van der Waals surface area contributed by atoms with Gasteiger partial charge in [0, 0.05) is 12.0 Å². The molecule has 0 saturated heterocycles. The fourth-order valence-corrected chi connectivity index (χ4v) is 2.41. The van der Waals surface area contributed by atoms with Crippen LogP contribution < -0.4 is 4.74 Å². The van der Waals surface area contributed by atoms with Gasteiger partial charge in [0.05, 0.1) is 11.7 Å². The van der Waals surface area contributed by atoms with Gasteiger partial charge in [-0.15, -0.1) is 0 Å². The van der Waals surface area contributed by atoms with Crippen molar-refractivity contribution in [2.45, 2.75) is 38.9 Å². The summed E-state index contributed by atoms with van der Waals surface area (Å²) in [5, 5.41) is 10.8. The number of halogens is 1. The van der Waals surface area contributed by atoms with Gasteiger partial charge in [-0.1, -0.05) is 30.3 Å². The Balaban J connectivity index is 2.30. The number of ether oxygens (including phenoxy) is 1. The smallest absolute Gasteiger partial charge is 0.125 e. The molecule has 0 fully saturated rings. The molecular formula is C18H21FO2. The third-order valence-electron chi connectivity index (χ3n) is 3.27. The lowest BCUT2D eigenvalue weighted by atomic mass is 9.88. The van der Waals surface area contributed by atoms with Crippen molar-refractivity contribution in [3.05, 3.63) is 65.5 Å². The van der Waals surface area contributed by atoms with E-state index in [0.29, 0.717) is 17.7 Å². The number of para-hydroxylation sites is 1. The minimum absolute atomic E-state index is 0.0242. The van der Waals surface area contributed by atoms with Gasteiger partial charge in [-0.2, -0.15) is 0 Å². The fourth-order valence-electron chi connectivity index (χ4n) is 2.41. The first-order chi connectivity index (χ1) is 9.88. The van der Waals surface area contributed by atoms with Crippen LogP contribution in [0.3, 0.4) is 0 Å². The Kier molecular flexibility index (Phi) is 4.63. The summed E-state index contributed by atoms with van der Waals surface area (Å²) in [4.78, 5) is 0. The quantitative estimate of drug-likeness (QED) is 0.899. The van der Waals surface area contributed by atoms with E-state index in [1.807, 2.05) is 44.2 Å². The maximum absolute atomic E-state index is 13.3. The van der Waals surface area contributed by atoms with Gasteiger partial charge >= 0.3 is 0 Å². The molecule has 21 heavy (non-hydrogen) atoms. The fraction of sp³-hybridized carbons (Fsp3) is 0.333. The van der Waals surface area contributed by atoms with Crippen LogP contribution in [0.2, 0.25) is 0 Å². The zero-order valence-corrected chi connectivity index (χ0v) is 12.6. The van der Waals surface area contributed by atoms with Gasteiger partial charge in [0.15, 0.2) is 0 Å². The molecule has 0 aliphatic heterocycles. The van der Waals surface area contributed by atoms with E-state index in [0.717, 1.165) is 5.56 Å². The van der Waals surface area contributed by atoms with Crippen LogP contribution in [0.4, 0.5) is 4.39 Å². The summed E-state index contributed by atoms with van der Waals surface area (Å²) in [6, 6.07) is 13.7. The van der Waals surface area contributed by atoms with Crippen LogP contribution in [0.25, 0.3) is 0 Å². The lowest BCUT2D eigenvalue weighted by molar-refractivity contribution is 0.0529. The SMILES string of the molecule is CC(C)Oc1ccccc1C(C)(O)Cc1cccc(F)c1. The molecule has 0 aromatic heterocycles. The zero-order valence-electron chi connectivity index (χ0n) is 12.6. The topological polar surface area (TPSA) is 29.5 Å². The third-order valence-corrected chi connectivity index (χ3v) is 3.27. The van der Waals surface area contributed by atoms with Gasteiger partial charge in [0.25, 0.3) is 0 Å². The number of benzene rings is 2. The van der Waals surface area contributed by atoms with Crippen LogP contribution in [0.15, 0.2) is 48.5 Å². The van der Waals surface area contributed by atoms with Crippen molar-refractivity contribution >= 4 is 0 Å². The van der Waals surface area contributed by atoms with Gasteiger partial charge in [-0.25, -0.2) is 4.39 Å². The minimum atomic E-state index is -1.13. The van der Waals surface area contributed by atoms with Crippen molar-refractivity contribution in [2.75, 3.05) is 0 Å². The molecule has 0 amide bonds. The highest BCUT2D eigenvalue weighted by molar-refractivity contribution is 5.39. The molecule has 0 radical (unpaired) electrons. The summed E-state index contributed by atoms with van der Waals surface area (Å²) in [5.41, 5.74) is 0.335. The average molecular weight is 288 g/mol. The summed E-state index contributed by atoms with van der Waals surface area (Å²) < 4.78 is 19.0. The van der Waals surface area contributed by atoms with Gasteiger partial charge < -0.3 is 9.84 Å². The summed E-state index contributed by atoms with van der Waals surface area (Å²) in [6.07, 6.45) is 0.347. The van der Waals surface area contributed by atoms with Crippen LogP contribution in [0, 0.1) is 5.82 Å². The Bertz CT molecular complexity index is 606. The van der Waals surface area contributed by atoms with E-state index in [-0.39, 0.29) is 11.9 Å². The molecule has 0 heterocycles. The van der Waals surface area contributed by atoms with Gasteiger partial charge in [0.1, 0.15) is 11.6 Å². The van der Waals surface area contributed by atoms with E-state index < -0.39 is 5.60 Å². The molecule has 2 rings (SSSR count). The highest BCUT2D eigenvalue weighted by Gasteiger charge is 2.27. The Morgan fingerprint density at radius 2 is 1.86 bits per heavy atom. The molecule has 1 unspecified atom stereocenters.